The van der Waals surface area contributed by atoms with E-state index in [1.165, 1.54) is 11.1 Å². The topological polar surface area (TPSA) is 21.3 Å². The van der Waals surface area contributed by atoms with Crippen LogP contribution >= 0.6 is 0 Å². The fourth-order valence-corrected chi connectivity index (χ4v) is 2.62. The van der Waals surface area contributed by atoms with Crippen molar-refractivity contribution in [3.63, 3.8) is 0 Å². The molecule has 0 aliphatic carbocycles. The summed E-state index contributed by atoms with van der Waals surface area (Å²) in [5.41, 5.74) is 2.77. The van der Waals surface area contributed by atoms with Crippen molar-refractivity contribution in [3.8, 4) is 0 Å². The van der Waals surface area contributed by atoms with E-state index < -0.39 is 0 Å². The van der Waals surface area contributed by atoms with E-state index in [2.05, 4.69) is 57.3 Å². The van der Waals surface area contributed by atoms with Crippen LogP contribution in [0.3, 0.4) is 0 Å². The summed E-state index contributed by atoms with van der Waals surface area (Å²) in [6.45, 7) is 10.5. The molecule has 20 heavy (non-hydrogen) atoms. The van der Waals surface area contributed by atoms with Gasteiger partial charge in [0.15, 0.2) is 0 Å². The van der Waals surface area contributed by atoms with Crippen molar-refractivity contribution in [1.82, 2.24) is 5.32 Å². The standard InChI is InChI=1S/C18H31NO/c1-5-10-17(20-8-4)18(19-13-6-2)16-12-9-11-15(7-3)14-16/h9,11-12,14,17-19H,5-8,10,13H2,1-4H3. The summed E-state index contributed by atoms with van der Waals surface area (Å²) in [7, 11) is 0. The van der Waals surface area contributed by atoms with Crippen molar-refractivity contribution >= 4 is 0 Å². The smallest absolute Gasteiger partial charge is 0.0769 e. The molecule has 0 amide bonds. The van der Waals surface area contributed by atoms with Gasteiger partial charge >= 0.3 is 0 Å². The van der Waals surface area contributed by atoms with Crippen LogP contribution in [0.2, 0.25) is 0 Å². The molecule has 1 N–H and O–H groups in total. The Hall–Kier alpha value is -0.860. The van der Waals surface area contributed by atoms with Crippen LogP contribution in [-0.2, 0) is 11.2 Å². The summed E-state index contributed by atoms with van der Waals surface area (Å²) < 4.78 is 6.01. The summed E-state index contributed by atoms with van der Waals surface area (Å²) in [6, 6.07) is 9.24. The summed E-state index contributed by atoms with van der Waals surface area (Å²) in [5.74, 6) is 0. The fourth-order valence-electron chi connectivity index (χ4n) is 2.62. The molecule has 1 aromatic carbocycles. The molecular weight excluding hydrogens is 246 g/mol. The zero-order chi connectivity index (χ0) is 14.8. The maximum absolute atomic E-state index is 6.01. The van der Waals surface area contributed by atoms with Gasteiger partial charge in [0.1, 0.15) is 0 Å². The second kappa shape index (κ2) is 9.95. The van der Waals surface area contributed by atoms with Gasteiger partial charge in [0.25, 0.3) is 0 Å². The molecule has 2 nitrogen and oxygen atoms in total. The second-order valence-electron chi connectivity index (χ2n) is 5.31. The van der Waals surface area contributed by atoms with E-state index in [-0.39, 0.29) is 6.10 Å². The monoisotopic (exact) mass is 277 g/mol. The predicted molar refractivity (Wildman–Crippen MR) is 87.2 cm³/mol. The van der Waals surface area contributed by atoms with Crippen LogP contribution in [0.15, 0.2) is 24.3 Å². The molecule has 2 unspecified atom stereocenters. The third-order valence-corrected chi connectivity index (χ3v) is 3.66. The SMILES string of the molecule is CCCNC(c1cccc(CC)c1)C(CCC)OCC. The first-order valence-corrected chi connectivity index (χ1v) is 8.20. The third-order valence-electron chi connectivity index (χ3n) is 3.66. The average Bonchev–Trinajstić information content (AvgIpc) is 2.48. The molecule has 2 heteroatoms. The van der Waals surface area contributed by atoms with Crippen LogP contribution in [0.1, 0.15) is 64.1 Å². The van der Waals surface area contributed by atoms with Crippen molar-refractivity contribution in [1.29, 1.82) is 0 Å². The third kappa shape index (κ3) is 5.26. The lowest BCUT2D eigenvalue weighted by molar-refractivity contribution is 0.0276. The average molecular weight is 277 g/mol. The fraction of sp³-hybridized carbons (Fsp3) is 0.667. The highest BCUT2D eigenvalue weighted by Gasteiger charge is 2.22. The lowest BCUT2D eigenvalue weighted by atomic mass is 9.95. The number of ether oxygens (including phenoxy) is 1. The van der Waals surface area contributed by atoms with Crippen LogP contribution in [0.5, 0.6) is 0 Å². The molecule has 0 radical (unpaired) electrons. The first-order valence-electron chi connectivity index (χ1n) is 8.20. The van der Waals surface area contributed by atoms with Crippen LogP contribution in [-0.4, -0.2) is 19.3 Å². The number of aryl methyl sites for hydroxylation is 1. The normalized spacial score (nSPS) is 14.2. The van der Waals surface area contributed by atoms with Crippen LogP contribution in [0.4, 0.5) is 0 Å². The maximum Gasteiger partial charge on any atom is 0.0769 e. The van der Waals surface area contributed by atoms with E-state index >= 15 is 0 Å². The van der Waals surface area contributed by atoms with Gasteiger partial charge in [0.05, 0.1) is 12.1 Å². The minimum absolute atomic E-state index is 0.267. The summed E-state index contributed by atoms with van der Waals surface area (Å²) in [4.78, 5) is 0. The number of hydrogen-bond acceptors (Lipinski definition) is 2. The van der Waals surface area contributed by atoms with E-state index in [0.29, 0.717) is 6.04 Å². The molecule has 1 aromatic rings. The maximum atomic E-state index is 6.01. The largest absolute Gasteiger partial charge is 0.377 e. The predicted octanol–water partition coefficient (Wildman–Crippen LogP) is 4.49. The van der Waals surface area contributed by atoms with Gasteiger partial charge in [-0.15, -0.1) is 0 Å². The minimum Gasteiger partial charge on any atom is -0.377 e. The number of rotatable bonds is 10. The molecule has 0 bridgehead atoms. The number of nitrogens with one attached hydrogen (secondary N) is 1. The van der Waals surface area contributed by atoms with Gasteiger partial charge < -0.3 is 10.1 Å². The zero-order valence-electron chi connectivity index (χ0n) is 13.6. The van der Waals surface area contributed by atoms with Crippen molar-refractivity contribution < 1.29 is 4.74 Å². The highest BCUT2D eigenvalue weighted by atomic mass is 16.5. The van der Waals surface area contributed by atoms with Crippen LogP contribution < -0.4 is 5.32 Å². The molecular formula is C18H31NO. The molecule has 0 aliphatic heterocycles. The second-order valence-corrected chi connectivity index (χ2v) is 5.31. The molecule has 0 heterocycles. The molecule has 0 fully saturated rings. The molecule has 2 atom stereocenters. The first-order chi connectivity index (χ1) is 9.76. The zero-order valence-corrected chi connectivity index (χ0v) is 13.6. The first kappa shape index (κ1) is 17.2. The minimum atomic E-state index is 0.267. The van der Waals surface area contributed by atoms with Gasteiger partial charge in [-0.2, -0.15) is 0 Å². The lowest BCUT2D eigenvalue weighted by Gasteiger charge is -2.28. The van der Waals surface area contributed by atoms with Crippen molar-refractivity contribution in [2.75, 3.05) is 13.2 Å². The Morgan fingerprint density at radius 3 is 2.50 bits per heavy atom. The van der Waals surface area contributed by atoms with Gasteiger partial charge in [0, 0.05) is 6.61 Å². The highest BCUT2D eigenvalue weighted by molar-refractivity contribution is 5.27. The van der Waals surface area contributed by atoms with E-state index in [1.54, 1.807) is 0 Å². The molecule has 1 rings (SSSR count). The van der Waals surface area contributed by atoms with Gasteiger partial charge in [-0.05, 0) is 43.9 Å². The summed E-state index contributed by atoms with van der Waals surface area (Å²) in [5, 5.41) is 3.68. The summed E-state index contributed by atoms with van der Waals surface area (Å²) in [6.07, 6.45) is 4.76. The highest BCUT2D eigenvalue weighted by Crippen LogP contribution is 2.24. The van der Waals surface area contributed by atoms with Crippen molar-refractivity contribution in [3.05, 3.63) is 35.4 Å². The van der Waals surface area contributed by atoms with Gasteiger partial charge in [-0.25, -0.2) is 0 Å². The lowest BCUT2D eigenvalue weighted by Crippen LogP contribution is -2.34. The molecule has 0 aliphatic rings. The van der Waals surface area contributed by atoms with Crippen LogP contribution in [0, 0.1) is 0 Å². The summed E-state index contributed by atoms with van der Waals surface area (Å²) >= 11 is 0. The molecule has 0 saturated heterocycles. The van der Waals surface area contributed by atoms with Gasteiger partial charge in [0.2, 0.25) is 0 Å². The Balaban J connectivity index is 2.94. The Labute approximate surface area is 124 Å². The Bertz CT molecular complexity index is 358. The van der Waals surface area contributed by atoms with Crippen LogP contribution in [0.25, 0.3) is 0 Å². The van der Waals surface area contributed by atoms with Crippen molar-refractivity contribution in [2.45, 2.75) is 65.5 Å². The van der Waals surface area contributed by atoms with Gasteiger partial charge in [-0.3, -0.25) is 0 Å². The Kier molecular flexibility index (Phi) is 8.56. The Morgan fingerprint density at radius 1 is 1.10 bits per heavy atom. The van der Waals surface area contributed by atoms with E-state index in [1.807, 2.05) is 0 Å². The Morgan fingerprint density at radius 2 is 1.90 bits per heavy atom. The molecule has 0 spiro atoms. The molecule has 114 valence electrons. The molecule has 0 saturated carbocycles. The van der Waals surface area contributed by atoms with E-state index in [9.17, 15) is 0 Å². The van der Waals surface area contributed by atoms with Crippen molar-refractivity contribution in [2.24, 2.45) is 0 Å². The van der Waals surface area contributed by atoms with E-state index in [0.717, 1.165) is 38.8 Å². The quantitative estimate of drug-likeness (QED) is 0.680. The van der Waals surface area contributed by atoms with Gasteiger partial charge in [-0.1, -0.05) is 51.5 Å². The molecule has 0 aromatic heterocycles. The number of benzene rings is 1. The van der Waals surface area contributed by atoms with E-state index in [4.69, 9.17) is 4.74 Å². The number of hydrogen-bond donors (Lipinski definition) is 1.